The average Bonchev–Trinajstić information content (AvgIpc) is 2.82. The van der Waals surface area contributed by atoms with Crippen LogP contribution in [0.3, 0.4) is 0 Å². The van der Waals surface area contributed by atoms with Gasteiger partial charge in [0.15, 0.2) is 0 Å². The van der Waals surface area contributed by atoms with Gasteiger partial charge in [-0.25, -0.2) is 0 Å². The highest BCUT2D eigenvalue weighted by Gasteiger charge is 2.27. The Labute approximate surface area is 115 Å². The molecule has 1 aromatic rings. The lowest BCUT2D eigenvalue weighted by Gasteiger charge is -2.32. The van der Waals surface area contributed by atoms with Crippen molar-refractivity contribution >= 4 is 11.6 Å². The van der Waals surface area contributed by atoms with E-state index in [1.165, 1.54) is 49.9 Å². The number of hydrogen-bond donors (Lipinski definition) is 1. The molecule has 2 aliphatic rings. The number of nitrogens with one attached hydrogen (secondary N) is 1. The molecule has 0 radical (unpaired) electrons. The first-order valence-electron chi connectivity index (χ1n) is 7.36. The molecule has 3 nitrogen and oxygen atoms in total. The molecule has 0 aromatic heterocycles. The molecule has 1 heterocycles. The van der Waals surface area contributed by atoms with Crippen LogP contribution in [-0.2, 0) is 17.6 Å². The Morgan fingerprint density at radius 3 is 2.63 bits per heavy atom. The number of nitrogens with zero attached hydrogens (tertiary/aromatic N) is 1. The van der Waals surface area contributed by atoms with E-state index in [9.17, 15) is 4.79 Å². The van der Waals surface area contributed by atoms with Crippen molar-refractivity contribution in [2.24, 2.45) is 0 Å². The zero-order valence-corrected chi connectivity index (χ0v) is 11.6. The zero-order chi connectivity index (χ0) is 13.2. The number of piperidine rings is 1. The van der Waals surface area contributed by atoms with Gasteiger partial charge in [-0.15, -0.1) is 0 Å². The van der Waals surface area contributed by atoms with Crippen LogP contribution < -0.4 is 5.32 Å². The minimum atomic E-state index is 0.00512. The minimum Gasteiger partial charge on any atom is -0.326 e. The van der Waals surface area contributed by atoms with Gasteiger partial charge >= 0.3 is 0 Å². The van der Waals surface area contributed by atoms with Gasteiger partial charge in [0.25, 0.3) is 0 Å². The van der Waals surface area contributed by atoms with E-state index in [0.717, 1.165) is 12.1 Å². The number of likely N-dealkylation sites (tertiary alicyclic amines) is 1. The Bertz CT molecular complexity index is 478. The molecular formula is C16H22N2O. The van der Waals surface area contributed by atoms with Crippen molar-refractivity contribution in [2.75, 3.05) is 18.4 Å². The van der Waals surface area contributed by atoms with Crippen molar-refractivity contribution < 1.29 is 4.79 Å². The minimum absolute atomic E-state index is 0.00512. The van der Waals surface area contributed by atoms with E-state index in [0.29, 0.717) is 6.04 Å². The first-order chi connectivity index (χ1) is 9.22. The quantitative estimate of drug-likeness (QED) is 0.884. The number of benzene rings is 1. The van der Waals surface area contributed by atoms with Gasteiger partial charge in [-0.2, -0.15) is 0 Å². The topological polar surface area (TPSA) is 32.3 Å². The van der Waals surface area contributed by atoms with Crippen molar-refractivity contribution in [3.8, 4) is 0 Å². The second kappa shape index (κ2) is 5.33. The lowest BCUT2D eigenvalue weighted by molar-refractivity contribution is -0.114. The highest BCUT2D eigenvalue weighted by atomic mass is 16.1. The van der Waals surface area contributed by atoms with Crippen LogP contribution in [-0.4, -0.2) is 29.9 Å². The summed E-state index contributed by atoms with van der Waals surface area (Å²) in [5, 5.41) is 2.88. The molecule has 1 aromatic carbocycles. The predicted molar refractivity (Wildman–Crippen MR) is 77.4 cm³/mol. The van der Waals surface area contributed by atoms with Gasteiger partial charge in [0.2, 0.25) is 5.91 Å². The van der Waals surface area contributed by atoms with Crippen LogP contribution in [0.2, 0.25) is 0 Å². The summed E-state index contributed by atoms with van der Waals surface area (Å²) in [5.74, 6) is 0.00512. The maximum atomic E-state index is 11.1. The average molecular weight is 258 g/mol. The molecule has 1 atom stereocenters. The maximum Gasteiger partial charge on any atom is 0.221 e. The van der Waals surface area contributed by atoms with Crippen LogP contribution in [0, 0.1) is 0 Å². The Morgan fingerprint density at radius 1 is 1.16 bits per heavy atom. The Kier molecular flexibility index (Phi) is 3.56. The molecule has 1 saturated heterocycles. The summed E-state index contributed by atoms with van der Waals surface area (Å²) in [5.41, 5.74) is 3.82. The molecular weight excluding hydrogens is 236 g/mol. The summed E-state index contributed by atoms with van der Waals surface area (Å²) in [7, 11) is 0. The van der Waals surface area contributed by atoms with Gasteiger partial charge in [0.1, 0.15) is 0 Å². The van der Waals surface area contributed by atoms with Crippen LogP contribution in [0.15, 0.2) is 18.2 Å². The van der Waals surface area contributed by atoms with Gasteiger partial charge in [0.05, 0.1) is 0 Å². The molecule has 0 bridgehead atoms. The molecule has 1 amide bonds. The second-order valence-corrected chi connectivity index (χ2v) is 5.82. The third kappa shape index (κ3) is 2.81. The van der Waals surface area contributed by atoms with Crippen molar-refractivity contribution in [3.05, 3.63) is 29.3 Å². The molecule has 0 saturated carbocycles. The maximum absolute atomic E-state index is 11.1. The van der Waals surface area contributed by atoms with Gasteiger partial charge in [-0.3, -0.25) is 9.69 Å². The third-order valence-electron chi connectivity index (χ3n) is 4.34. The molecule has 1 aliphatic carbocycles. The van der Waals surface area contributed by atoms with Crippen LogP contribution >= 0.6 is 0 Å². The second-order valence-electron chi connectivity index (χ2n) is 5.82. The number of carbonyl (C=O) groups excluding carboxylic acids is 1. The van der Waals surface area contributed by atoms with Gasteiger partial charge < -0.3 is 5.32 Å². The third-order valence-corrected chi connectivity index (χ3v) is 4.34. The van der Waals surface area contributed by atoms with Gasteiger partial charge in [-0.1, -0.05) is 12.5 Å². The molecule has 3 heteroatoms. The summed E-state index contributed by atoms with van der Waals surface area (Å²) in [6, 6.07) is 7.05. The highest BCUT2D eigenvalue weighted by Crippen LogP contribution is 2.29. The summed E-state index contributed by atoms with van der Waals surface area (Å²) in [6.45, 7) is 4.08. The number of amides is 1. The van der Waals surface area contributed by atoms with E-state index < -0.39 is 0 Å². The fourth-order valence-corrected chi connectivity index (χ4v) is 3.42. The molecule has 1 unspecified atom stereocenters. The van der Waals surface area contributed by atoms with Crippen molar-refractivity contribution in [2.45, 2.75) is 45.1 Å². The predicted octanol–water partition coefficient (Wildman–Crippen LogP) is 2.60. The van der Waals surface area contributed by atoms with Gasteiger partial charge in [0, 0.05) is 18.7 Å². The molecule has 1 fully saturated rings. The Balaban J connectivity index is 1.70. The van der Waals surface area contributed by atoms with E-state index in [-0.39, 0.29) is 5.91 Å². The van der Waals surface area contributed by atoms with Crippen molar-refractivity contribution in [1.29, 1.82) is 0 Å². The van der Waals surface area contributed by atoms with Crippen LogP contribution in [0.1, 0.15) is 37.3 Å². The number of anilines is 1. The van der Waals surface area contributed by atoms with Crippen LogP contribution in [0.4, 0.5) is 5.69 Å². The summed E-state index contributed by atoms with van der Waals surface area (Å²) < 4.78 is 0. The zero-order valence-electron chi connectivity index (χ0n) is 11.6. The molecule has 1 N–H and O–H groups in total. The standard InChI is InChI=1S/C16H22N2O/c1-12(19)17-15-6-5-13-10-16(11-14(13)9-15)18-7-3-2-4-8-18/h5-6,9,16H,2-4,7-8,10-11H2,1H3,(H,17,19). The molecule has 0 spiro atoms. The lowest BCUT2D eigenvalue weighted by atomic mass is 10.1. The monoisotopic (exact) mass is 258 g/mol. The molecule has 19 heavy (non-hydrogen) atoms. The number of rotatable bonds is 2. The fourth-order valence-electron chi connectivity index (χ4n) is 3.42. The first-order valence-corrected chi connectivity index (χ1v) is 7.36. The fraction of sp³-hybridized carbons (Fsp3) is 0.562. The summed E-state index contributed by atoms with van der Waals surface area (Å²) in [4.78, 5) is 13.8. The Morgan fingerprint density at radius 2 is 1.89 bits per heavy atom. The molecule has 1 aliphatic heterocycles. The molecule has 3 rings (SSSR count). The van der Waals surface area contributed by atoms with Gasteiger partial charge in [-0.05, 0) is 62.0 Å². The number of carbonyl (C=O) groups is 1. The van der Waals surface area contributed by atoms with Crippen LogP contribution in [0.5, 0.6) is 0 Å². The first kappa shape index (κ1) is 12.7. The van der Waals surface area contributed by atoms with E-state index >= 15 is 0 Å². The largest absolute Gasteiger partial charge is 0.326 e. The smallest absolute Gasteiger partial charge is 0.221 e. The van der Waals surface area contributed by atoms with E-state index in [4.69, 9.17) is 0 Å². The summed E-state index contributed by atoms with van der Waals surface area (Å²) >= 11 is 0. The Hall–Kier alpha value is -1.35. The molecule has 102 valence electrons. The summed E-state index contributed by atoms with van der Waals surface area (Å²) in [6.07, 6.45) is 6.41. The number of hydrogen-bond acceptors (Lipinski definition) is 2. The highest BCUT2D eigenvalue weighted by molar-refractivity contribution is 5.88. The van der Waals surface area contributed by atoms with Crippen LogP contribution in [0.25, 0.3) is 0 Å². The van der Waals surface area contributed by atoms with Crippen molar-refractivity contribution in [1.82, 2.24) is 4.90 Å². The van der Waals surface area contributed by atoms with E-state index in [2.05, 4.69) is 22.3 Å². The normalized spacial score (nSPS) is 23.1. The SMILES string of the molecule is CC(=O)Nc1ccc2c(c1)CC(N1CCCCC1)C2. The number of fused-ring (bicyclic) bond motifs is 1. The lowest BCUT2D eigenvalue weighted by Crippen LogP contribution is -2.39. The van der Waals surface area contributed by atoms with E-state index in [1.54, 1.807) is 6.92 Å². The van der Waals surface area contributed by atoms with Crippen molar-refractivity contribution in [3.63, 3.8) is 0 Å². The van der Waals surface area contributed by atoms with E-state index in [1.807, 2.05) is 6.07 Å².